The lowest BCUT2D eigenvalue weighted by Crippen LogP contribution is -2.50. The van der Waals surface area contributed by atoms with Crippen LogP contribution in [0.4, 0.5) is 11.4 Å². The predicted octanol–water partition coefficient (Wildman–Crippen LogP) is 2.17. The van der Waals surface area contributed by atoms with Crippen LogP contribution in [0.2, 0.25) is 0 Å². The zero-order valence-corrected chi connectivity index (χ0v) is 31.1. The van der Waals surface area contributed by atoms with Crippen LogP contribution in [0, 0.1) is 24.0 Å². The molecule has 2 aromatic carbocycles. The van der Waals surface area contributed by atoms with Gasteiger partial charge in [-0.1, -0.05) is 29.4 Å². The van der Waals surface area contributed by atoms with Gasteiger partial charge in [-0.25, -0.2) is 21.1 Å². The van der Waals surface area contributed by atoms with Crippen molar-refractivity contribution in [3.8, 4) is 11.4 Å². The molecular formula is C32H44N8O9S2. The van der Waals surface area contributed by atoms with Crippen molar-refractivity contribution in [3.63, 3.8) is 0 Å². The molecule has 17 nitrogen and oxygen atoms in total. The van der Waals surface area contributed by atoms with Gasteiger partial charge in [0.1, 0.15) is 0 Å². The molecule has 1 saturated heterocycles. The van der Waals surface area contributed by atoms with Crippen molar-refractivity contribution in [2.75, 3.05) is 57.5 Å². The second-order valence-electron chi connectivity index (χ2n) is 12.7. The second-order valence-corrected chi connectivity index (χ2v) is 16.5. The van der Waals surface area contributed by atoms with Crippen molar-refractivity contribution in [2.24, 2.45) is 0 Å². The van der Waals surface area contributed by atoms with Gasteiger partial charge < -0.3 is 19.6 Å². The summed E-state index contributed by atoms with van der Waals surface area (Å²) in [7, 11) is -5.98. The van der Waals surface area contributed by atoms with Crippen LogP contribution in [0.3, 0.4) is 0 Å². The van der Waals surface area contributed by atoms with Crippen LogP contribution in [0.5, 0.6) is 0 Å². The number of para-hydroxylation sites is 1. The first-order valence-corrected chi connectivity index (χ1v) is 19.6. The molecule has 0 bridgehead atoms. The van der Waals surface area contributed by atoms with Gasteiger partial charge in [-0.3, -0.25) is 19.7 Å². The Balaban J connectivity index is 1.52. The first-order valence-electron chi connectivity index (χ1n) is 16.3. The molecule has 0 radical (unpaired) electrons. The Morgan fingerprint density at radius 1 is 1.08 bits per heavy atom. The number of nitro groups is 1. The van der Waals surface area contributed by atoms with Crippen molar-refractivity contribution in [3.05, 3.63) is 64.0 Å². The number of piperidine rings is 1. The van der Waals surface area contributed by atoms with E-state index in [1.54, 1.807) is 49.8 Å². The third-order valence-electron chi connectivity index (χ3n) is 8.71. The summed E-state index contributed by atoms with van der Waals surface area (Å²) in [5.74, 6) is -0.101. The number of amides is 2. The fraction of sp³-hybridized carbons (Fsp3) is 0.500. The standard InChI is InChI=1S/C32H44N8O9S2/c1-22(2)39(51(47,48)29-10-8-7-9-27(29)40(43)44)18-15-33-30(41)20-37(28-19-25(12-11-23(28)3)32-34-24(4)49-35-32)21-31(42)36(5)26-13-16-38(17-14-26)50(6,45)46/h7-12,19,22,26H,13-18,20-21H2,1-6H3,(H,33,41). The number of sulfonamides is 2. The number of nitro benzene ring substituents is 1. The van der Waals surface area contributed by atoms with Gasteiger partial charge in [0, 0.05) is 69.6 Å². The first kappa shape index (κ1) is 39.3. The van der Waals surface area contributed by atoms with E-state index in [4.69, 9.17) is 4.52 Å². The number of nitrogens with zero attached hydrogens (tertiary/aromatic N) is 7. The molecule has 19 heteroatoms. The van der Waals surface area contributed by atoms with E-state index in [1.165, 1.54) is 22.5 Å². The van der Waals surface area contributed by atoms with Gasteiger partial charge >= 0.3 is 0 Å². The van der Waals surface area contributed by atoms with E-state index < -0.39 is 47.5 Å². The number of carbonyl (C=O) groups is 2. The maximum atomic E-state index is 13.7. The molecule has 0 atom stereocenters. The predicted molar refractivity (Wildman–Crippen MR) is 189 cm³/mol. The van der Waals surface area contributed by atoms with E-state index in [1.807, 2.05) is 13.0 Å². The Bertz CT molecular complexity index is 1960. The van der Waals surface area contributed by atoms with Crippen LogP contribution >= 0.6 is 0 Å². The number of aryl methyl sites for hydroxylation is 2. The summed E-state index contributed by atoms with van der Waals surface area (Å²) in [5.41, 5.74) is 1.36. The number of carbonyl (C=O) groups excluding carboxylic acids is 2. The average Bonchev–Trinajstić information content (AvgIpc) is 3.51. The monoisotopic (exact) mass is 748 g/mol. The number of rotatable bonds is 15. The maximum absolute atomic E-state index is 13.7. The Kier molecular flexibility index (Phi) is 12.5. The Labute approximate surface area is 297 Å². The fourth-order valence-electron chi connectivity index (χ4n) is 5.91. The first-order chi connectivity index (χ1) is 23.9. The number of anilines is 1. The van der Waals surface area contributed by atoms with Gasteiger partial charge in [0.25, 0.3) is 5.69 Å². The molecule has 0 saturated carbocycles. The summed E-state index contributed by atoms with van der Waals surface area (Å²) in [6, 6.07) is 9.66. The van der Waals surface area contributed by atoms with E-state index in [9.17, 15) is 36.5 Å². The molecule has 4 rings (SSSR count). The van der Waals surface area contributed by atoms with Crippen molar-refractivity contribution in [1.82, 2.24) is 29.0 Å². The fourth-order valence-corrected chi connectivity index (χ4v) is 8.59. The van der Waals surface area contributed by atoms with Gasteiger partial charge in [0.05, 0.1) is 24.3 Å². The van der Waals surface area contributed by atoms with Crippen molar-refractivity contribution in [2.45, 2.75) is 57.5 Å². The SMILES string of the molecule is Cc1nc(-c2ccc(C)c(N(CC(=O)NCCN(C(C)C)S(=O)(=O)c3ccccc3[N+](=O)[O-])CC(=O)N(C)C3CCN(S(C)(=O)=O)CC3)c2)no1. The van der Waals surface area contributed by atoms with Crippen molar-refractivity contribution >= 4 is 43.2 Å². The lowest BCUT2D eigenvalue weighted by Gasteiger charge is -2.37. The molecule has 0 spiro atoms. The summed E-state index contributed by atoms with van der Waals surface area (Å²) in [5, 5.41) is 18.3. The Morgan fingerprint density at radius 2 is 1.75 bits per heavy atom. The van der Waals surface area contributed by atoms with Gasteiger partial charge in [0.2, 0.25) is 43.6 Å². The van der Waals surface area contributed by atoms with E-state index >= 15 is 0 Å². The summed E-state index contributed by atoms with van der Waals surface area (Å²) in [4.78, 5) is 45.0. The molecule has 51 heavy (non-hydrogen) atoms. The van der Waals surface area contributed by atoms with Crippen molar-refractivity contribution < 1.29 is 35.9 Å². The lowest BCUT2D eigenvalue weighted by atomic mass is 10.0. The Hall–Kier alpha value is -4.46. The molecule has 278 valence electrons. The quantitative estimate of drug-likeness (QED) is 0.175. The molecule has 0 unspecified atom stereocenters. The smallest absolute Gasteiger partial charge is 0.289 e. The molecule has 1 N–H and O–H groups in total. The summed E-state index contributed by atoms with van der Waals surface area (Å²) in [6.45, 7) is 6.57. The highest BCUT2D eigenvalue weighted by Crippen LogP contribution is 2.29. The molecule has 2 amide bonds. The third-order valence-corrected chi connectivity index (χ3v) is 12.1. The highest BCUT2D eigenvalue weighted by molar-refractivity contribution is 7.89. The summed E-state index contributed by atoms with van der Waals surface area (Å²) < 4.78 is 58.6. The van der Waals surface area contributed by atoms with Crippen molar-refractivity contribution in [1.29, 1.82) is 0 Å². The van der Waals surface area contributed by atoms with E-state index in [-0.39, 0.29) is 38.1 Å². The number of nitrogens with one attached hydrogen (secondary N) is 1. The van der Waals surface area contributed by atoms with Crippen LogP contribution in [0.15, 0.2) is 51.9 Å². The molecule has 1 fully saturated rings. The number of aromatic nitrogens is 2. The molecular weight excluding hydrogens is 705 g/mol. The third kappa shape index (κ3) is 9.66. The van der Waals surface area contributed by atoms with Gasteiger partial charge in [-0.15, -0.1) is 0 Å². The highest BCUT2D eigenvalue weighted by Gasteiger charge is 2.33. The van der Waals surface area contributed by atoms with Gasteiger partial charge in [-0.2, -0.15) is 9.29 Å². The minimum atomic E-state index is -4.30. The molecule has 2 heterocycles. The lowest BCUT2D eigenvalue weighted by molar-refractivity contribution is -0.387. The van der Waals surface area contributed by atoms with Crippen LogP contribution < -0.4 is 10.2 Å². The molecule has 0 aliphatic carbocycles. The number of benzene rings is 2. The highest BCUT2D eigenvalue weighted by atomic mass is 32.2. The molecule has 1 aliphatic heterocycles. The molecule has 1 aliphatic rings. The zero-order chi connectivity index (χ0) is 37.7. The summed E-state index contributed by atoms with van der Waals surface area (Å²) in [6.07, 6.45) is 2.08. The topological polar surface area (TPSA) is 209 Å². The molecule has 3 aromatic rings. The number of hydrogen-bond donors (Lipinski definition) is 1. The summed E-state index contributed by atoms with van der Waals surface area (Å²) >= 11 is 0. The van der Waals surface area contributed by atoms with Crippen LogP contribution in [-0.4, -0.2) is 122 Å². The average molecular weight is 749 g/mol. The van der Waals surface area contributed by atoms with Gasteiger partial charge in [-0.05, 0) is 51.3 Å². The molecule has 1 aromatic heterocycles. The van der Waals surface area contributed by atoms with E-state index in [0.29, 0.717) is 48.9 Å². The van der Waals surface area contributed by atoms with E-state index in [2.05, 4.69) is 15.5 Å². The van der Waals surface area contributed by atoms with Gasteiger partial charge in [0.15, 0.2) is 4.90 Å². The maximum Gasteiger partial charge on any atom is 0.289 e. The number of likely N-dealkylation sites (N-methyl/N-ethyl adjacent to an activating group) is 1. The zero-order valence-electron chi connectivity index (χ0n) is 29.5. The number of hydrogen-bond acceptors (Lipinski definition) is 12. The Morgan fingerprint density at radius 3 is 2.33 bits per heavy atom. The minimum Gasteiger partial charge on any atom is -0.353 e. The minimum absolute atomic E-state index is 0.112. The second kappa shape index (κ2) is 16.3. The van der Waals surface area contributed by atoms with Crippen LogP contribution in [0.1, 0.15) is 38.1 Å². The van der Waals surface area contributed by atoms with E-state index in [0.717, 1.165) is 22.2 Å². The largest absolute Gasteiger partial charge is 0.353 e. The van der Waals surface area contributed by atoms with Crippen LogP contribution in [-0.2, 0) is 29.6 Å². The normalized spacial score (nSPS) is 14.5. The van der Waals surface area contributed by atoms with Crippen LogP contribution in [0.25, 0.3) is 11.4 Å².